The summed E-state index contributed by atoms with van der Waals surface area (Å²) in [6, 6.07) is 3.45. The average Bonchev–Trinajstić information content (AvgIpc) is 2.47. The van der Waals surface area contributed by atoms with Gasteiger partial charge in [-0.2, -0.15) is 0 Å². The molecular formula is C8H5BrN2O2S. The van der Waals surface area contributed by atoms with Crippen molar-refractivity contribution in [2.45, 2.75) is 0 Å². The van der Waals surface area contributed by atoms with Crippen molar-refractivity contribution in [2.24, 2.45) is 0 Å². The lowest BCUT2D eigenvalue weighted by Crippen LogP contribution is -1.87. The highest BCUT2D eigenvalue weighted by Crippen LogP contribution is 2.37. The number of benzene rings is 1. The van der Waals surface area contributed by atoms with Gasteiger partial charge in [-0.1, -0.05) is 15.9 Å². The molecule has 1 heterocycles. The molecule has 2 N–H and O–H groups in total. The van der Waals surface area contributed by atoms with Crippen LogP contribution in [-0.4, -0.2) is 4.92 Å². The zero-order chi connectivity index (χ0) is 10.3. The summed E-state index contributed by atoms with van der Waals surface area (Å²) < 4.78 is 1.52. The summed E-state index contributed by atoms with van der Waals surface area (Å²) in [6.45, 7) is 0. The predicted molar refractivity (Wildman–Crippen MR) is 60.6 cm³/mol. The van der Waals surface area contributed by atoms with Crippen LogP contribution in [0.25, 0.3) is 10.1 Å². The molecule has 6 heteroatoms. The van der Waals surface area contributed by atoms with Crippen molar-refractivity contribution in [3.63, 3.8) is 0 Å². The summed E-state index contributed by atoms with van der Waals surface area (Å²) in [5.74, 6) is 0. The Morgan fingerprint density at radius 2 is 2.21 bits per heavy atom. The highest BCUT2D eigenvalue weighted by Gasteiger charge is 2.15. The Morgan fingerprint density at radius 3 is 2.86 bits per heavy atom. The van der Waals surface area contributed by atoms with Gasteiger partial charge in [0.05, 0.1) is 26.1 Å². The maximum atomic E-state index is 10.7. The Bertz CT molecular complexity index is 523. The summed E-state index contributed by atoms with van der Waals surface area (Å²) in [4.78, 5) is 10.3. The van der Waals surface area contributed by atoms with Crippen LogP contribution in [0.3, 0.4) is 0 Å². The van der Waals surface area contributed by atoms with Gasteiger partial charge in [0.1, 0.15) is 0 Å². The molecule has 0 radical (unpaired) electrons. The van der Waals surface area contributed by atoms with Crippen LogP contribution in [-0.2, 0) is 0 Å². The summed E-state index contributed by atoms with van der Waals surface area (Å²) in [7, 11) is 0. The Hall–Kier alpha value is -1.14. The average molecular weight is 273 g/mol. The highest BCUT2D eigenvalue weighted by atomic mass is 79.9. The predicted octanol–water partition coefficient (Wildman–Crippen LogP) is 3.15. The number of anilines is 1. The van der Waals surface area contributed by atoms with E-state index in [0.29, 0.717) is 11.1 Å². The molecule has 1 aromatic carbocycles. The SMILES string of the molecule is Nc1cc(Br)cc2c([N+](=O)[O-])csc12. The maximum absolute atomic E-state index is 10.7. The first-order valence-electron chi connectivity index (χ1n) is 3.70. The number of hydrogen-bond donors (Lipinski definition) is 1. The number of nitrogens with zero attached hydrogens (tertiary/aromatic N) is 1. The van der Waals surface area contributed by atoms with Gasteiger partial charge in [0.2, 0.25) is 0 Å². The number of nitrogens with two attached hydrogens (primary N) is 1. The molecule has 0 unspecified atom stereocenters. The fourth-order valence-electron chi connectivity index (χ4n) is 1.26. The van der Waals surface area contributed by atoms with Gasteiger partial charge >= 0.3 is 0 Å². The number of nitrogen functional groups attached to an aromatic ring is 1. The number of thiophene rings is 1. The van der Waals surface area contributed by atoms with Gasteiger partial charge in [-0.05, 0) is 12.1 Å². The molecule has 0 aliphatic heterocycles. The van der Waals surface area contributed by atoms with E-state index < -0.39 is 4.92 Å². The van der Waals surface area contributed by atoms with Crippen LogP contribution in [0.5, 0.6) is 0 Å². The molecule has 0 atom stereocenters. The molecular weight excluding hydrogens is 268 g/mol. The van der Waals surface area contributed by atoms with E-state index in [4.69, 9.17) is 5.73 Å². The van der Waals surface area contributed by atoms with Crippen LogP contribution in [0.2, 0.25) is 0 Å². The van der Waals surface area contributed by atoms with Gasteiger partial charge in [-0.15, -0.1) is 11.3 Å². The van der Waals surface area contributed by atoms with Crippen LogP contribution < -0.4 is 5.73 Å². The molecule has 2 rings (SSSR count). The molecule has 2 aromatic rings. The molecule has 1 aromatic heterocycles. The second-order valence-electron chi connectivity index (χ2n) is 2.75. The van der Waals surface area contributed by atoms with Gasteiger partial charge in [0.15, 0.2) is 0 Å². The van der Waals surface area contributed by atoms with Crippen LogP contribution >= 0.6 is 27.3 Å². The summed E-state index contributed by atoms with van der Waals surface area (Å²) in [5.41, 5.74) is 6.40. The lowest BCUT2D eigenvalue weighted by molar-refractivity contribution is -0.382. The van der Waals surface area contributed by atoms with E-state index in [1.807, 2.05) is 0 Å². The van der Waals surface area contributed by atoms with E-state index in [0.717, 1.165) is 9.17 Å². The van der Waals surface area contributed by atoms with Gasteiger partial charge in [-0.25, -0.2) is 0 Å². The third-order valence-electron chi connectivity index (χ3n) is 1.84. The second-order valence-corrected chi connectivity index (χ2v) is 4.55. The molecule has 0 aliphatic rings. The first-order chi connectivity index (χ1) is 6.59. The maximum Gasteiger partial charge on any atom is 0.287 e. The van der Waals surface area contributed by atoms with Crippen molar-refractivity contribution < 1.29 is 4.92 Å². The van der Waals surface area contributed by atoms with E-state index in [1.165, 1.54) is 16.7 Å². The molecule has 0 spiro atoms. The Balaban J connectivity index is 2.85. The molecule has 0 fully saturated rings. The lowest BCUT2D eigenvalue weighted by atomic mass is 10.2. The largest absolute Gasteiger partial charge is 0.398 e. The Kier molecular flexibility index (Phi) is 2.16. The first kappa shape index (κ1) is 9.42. The number of fused-ring (bicyclic) bond motifs is 1. The standard InChI is InChI=1S/C8H5BrN2O2S/c9-4-1-5-7(11(12)13)3-14-8(5)6(10)2-4/h1-3H,10H2. The number of rotatable bonds is 1. The number of nitro groups is 1. The van der Waals surface area contributed by atoms with Gasteiger partial charge in [0, 0.05) is 4.47 Å². The molecule has 14 heavy (non-hydrogen) atoms. The zero-order valence-electron chi connectivity index (χ0n) is 6.86. The third-order valence-corrected chi connectivity index (χ3v) is 3.33. The molecule has 0 amide bonds. The van der Waals surface area contributed by atoms with Crippen LogP contribution in [0.4, 0.5) is 11.4 Å². The van der Waals surface area contributed by atoms with E-state index in [9.17, 15) is 10.1 Å². The zero-order valence-corrected chi connectivity index (χ0v) is 9.26. The van der Waals surface area contributed by atoms with Crippen molar-refractivity contribution in [1.82, 2.24) is 0 Å². The van der Waals surface area contributed by atoms with Crippen molar-refractivity contribution in [3.05, 3.63) is 32.1 Å². The summed E-state index contributed by atoms with van der Waals surface area (Å²) in [6.07, 6.45) is 0. The van der Waals surface area contributed by atoms with E-state index in [-0.39, 0.29) is 5.69 Å². The number of halogens is 1. The monoisotopic (exact) mass is 272 g/mol. The van der Waals surface area contributed by atoms with Crippen molar-refractivity contribution >= 4 is 48.7 Å². The van der Waals surface area contributed by atoms with Crippen molar-refractivity contribution in [1.29, 1.82) is 0 Å². The minimum absolute atomic E-state index is 0.109. The molecule has 0 saturated heterocycles. The summed E-state index contributed by atoms with van der Waals surface area (Å²) >= 11 is 4.54. The molecule has 72 valence electrons. The van der Waals surface area contributed by atoms with Gasteiger partial charge in [0.25, 0.3) is 5.69 Å². The van der Waals surface area contributed by atoms with Gasteiger partial charge < -0.3 is 5.73 Å². The first-order valence-corrected chi connectivity index (χ1v) is 5.37. The van der Waals surface area contributed by atoms with Crippen molar-refractivity contribution in [3.8, 4) is 0 Å². The molecule has 4 nitrogen and oxygen atoms in total. The Labute approximate surface area is 91.6 Å². The van der Waals surface area contributed by atoms with Gasteiger partial charge in [-0.3, -0.25) is 10.1 Å². The Morgan fingerprint density at radius 1 is 1.50 bits per heavy atom. The van der Waals surface area contributed by atoms with E-state index >= 15 is 0 Å². The molecule has 0 aliphatic carbocycles. The second kappa shape index (κ2) is 3.21. The number of hydrogen-bond acceptors (Lipinski definition) is 4. The lowest BCUT2D eigenvalue weighted by Gasteiger charge is -1.96. The molecule has 0 saturated carbocycles. The topological polar surface area (TPSA) is 69.2 Å². The quantitative estimate of drug-likeness (QED) is 0.493. The van der Waals surface area contributed by atoms with Crippen LogP contribution in [0, 0.1) is 10.1 Å². The minimum atomic E-state index is -0.398. The van der Waals surface area contributed by atoms with Crippen LogP contribution in [0.1, 0.15) is 0 Å². The van der Waals surface area contributed by atoms with E-state index in [2.05, 4.69) is 15.9 Å². The summed E-state index contributed by atoms with van der Waals surface area (Å²) in [5, 5.41) is 12.8. The van der Waals surface area contributed by atoms with Crippen molar-refractivity contribution in [2.75, 3.05) is 5.73 Å². The van der Waals surface area contributed by atoms with E-state index in [1.54, 1.807) is 12.1 Å². The fraction of sp³-hybridized carbons (Fsp3) is 0. The smallest absolute Gasteiger partial charge is 0.287 e. The molecule has 0 bridgehead atoms. The normalized spacial score (nSPS) is 10.6. The fourth-order valence-corrected chi connectivity index (χ4v) is 2.66. The van der Waals surface area contributed by atoms with Crippen LogP contribution in [0.15, 0.2) is 22.0 Å². The third kappa shape index (κ3) is 1.36. The highest BCUT2D eigenvalue weighted by molar-refractivity contribution is 9.10. The minimum Gasteiger partial charge on any atom is -0.398 e.